The van der Waals surface area contributed by atoms with Gasteiger partial charge in [0.15, 0.2) is 23.6 Å². The molecule has 0 spiro atoms. The van der Waals surface area contributed by atoms with Crippen LogP contribution in [0.4, 0.5) is 17.1 Å². The number of benzene rings is 5. The van der Waals surface area contributed by atoms with Crippen LogP contribution in [0.5, 0.6) is 11.5 Å². The maximum atomic E-state index is 14.6. The van der Waals surface area contributed by atoms with Crippen LogP contribution in [0, 0.1) is 31.1 Å². The van der Waals surface area contributed by atoms with Crippen LogP contribution in [0.3, 0.4) is 0 Å². The third-order valence-electron chi connectivity index (χ3n) is 15.9. The topological polar surface area (TPSA) is 204 Å². The number of aryl methyl sites for hydroxylation is 3. The second-order valence-corrected chi connectivity index (χ2v) is 26.4. The first kappa shape index (κ1) is 69.5. The first-order valence-corrected chi connectivity index (χ1v) is 32.9. The largest absolute Gasteiger partial charge is 0.491 e. The van der Waals surface area contributed by atoms with Gasteiger partial charge in [0.05, 0.1) is 38.6 Å². The zero-order valence-electron chi connectivity index (χ0n) is 51.8. The Bertz CT molecular complexity index is 3260. The van der Waals surface area contributed by atoms with Crippen molar-refractivity contribution < 1.29 is 51.4 Å². The number of sulfonamides is 1. The van der Waals surface area contributed by atoms with Gasteiger partial charge in [0.25, 0.3) is 15.9 Å². The Balaban J connectivity index is 0.000000387. The van der Waals surface area contributed by atoms with Gasteiger partial charge in [-0.2, -0.15) is 0 Å². The number of rotatable bonds is 32. The summed E-state index contributed by atoms with van der Waals surface area (Å²) in [4.78, 5) is 83.0. The number of methoxy groups -OCH3 is 1. The van der Waals surface area contributed by atoms with Gasteiger partial charge < -0.3 is 29.7 Å². The molecule has 1 heterocycles. The number of anilines is 3. The highest BCUT2D eigenvalue weighted by Gasteiger charge is 2.55. The number of likely N-dealkylation sites (tertiary alicyclic amines) is 1. The van der Waals surface area contributed by atoms with Crippen molar-refractivity contribution in [2.75, 3.05) is 36.1 Å². The molecule has 5 atom stereocenters. The van der Waals surface area contributed by atoms with E-state index in [1.54, 1.807) is 63.2 Å². The number of halogens is 2. The van der Waals surface area contributed by atoms with E-state index in [9.17, 15) is 37.2 Å². The number of ketones is 3. The average molecular weight is 1250 g/mol. The summed E-state index contributed by atoms with van der Waals surface area (Å²) in [6.07, 6.45) is 18.2. The van der Waals surface area contributed by atoms with Crippen LogP contribution < -0.4 is 24.8 Å². The number of Topliss-reactive ketones (excluding diaryl/α,β-unsaturated/α-hetero) is 3. The first-order chi connectivity index (χ1) is 41.6. The van der Waals surface area contributed by atoms with E-state index in [1.165, 1.54) is 115 Å². The molecular weight excluding hydrogens is 1160 g/mol. The fourth-order valence-electron chi connectivity index (χ4n) is 10.9. The molecule has 5 aromatic rings. The average Bonchev–Trinajstić information content (AvgIpc) is 1.76. The maximum absolute atomic E-state index is 14.6. The Hall–Kier alpha value is -6.59. The SMILES string of the molecule is CCCCCCCCCCCCCCCCCCOc1ccc(S(=O)(=O)Nc2ccccc2Cl)cc1NC(=O)C(C(=O)C1CCc2ccccc21)C1C(=O)C(OC)N(C)C1=O.Cc1ccc(OC(C(=O)Nc2cc(C)ccc2Cl)C(=O)C(C)(C)C)cc1. The van der Waals surface area contributed by atoms with Gasteiger partial charge >= 0.3 is 0 Å². The van der Waals surface area contributed by atoms with E-state index in [1.807, 2.05) is 56.3 Å². The fraction of sp³-hybridized carbons (Fsp3) is 0.478. The summed E-state index contributed by atoms with van der Waals surface area (Å²) in [5, 5.41) is 6.05. The van der Waals surface area contributed by atoms with Crippen LogP contribution >= 0.6 is 23.2 Å². The summed E-state index contributed by atoms with van der Waals surface area (Å²) in [5.74, 6) is -7.21. The summed E-state index contributed by atoms with van der Waals surface area (Å²) in [6.45, 7) is 11.7. The molecule has 1 aliphatic heterocycles. The van der Waals surface area contributed by atoms with Crippen molar-refractivity contribution in [3.63, 3.8) is 0 Å². The number of nitrogens with one attached hydrogen (secondary N) is 3. The van der Waals surface area contributed by atoms with Crippen molar-refractivity contribution in [3.05, 3.63) is 141 Å². The van der Waals surface area contributed by atoms with Crippen molar-refractivity contribution in [2.45, 2.75) is 180 Å². The Morgan fingerprint density at radius 3 is 1.83 bits per heavy atom. The van der Waals surface area contributed by atoms with Gasteiger partial charge in [-0.25, -0.2) is 8.42 Å². The molecule has 1 fully saturated rings. The molecule has 18 heteroatoms. The summed E-state index contributed by atoms with van der Waals surface area (Å²) >= 11 is 12.4. The van der Waals surface area contributed by atoms with Crippen LogP contribution in [0.25, 0.3) is 0 Å². The van der Waals surface area contributed by atoms with Crippen LogP contribution in [0.1, 0.15) is 165 Å². The normalized spacial score (nSPS) is 16.3. The standard InChI is InChI=1S/C48H64ClN3O8S.C21H24ClNO3/c1-4-5-6-7-8-9-10-11-12-13-14-15-16-17-18-23-32-60-41-31-29-35(61(57,58)51-39-27-22-21-26-38(39)49)33-40(41)50-46(55)42(43-45(54)48(59-3)52(2)47(43)56)44(53)37-30-28-34-24-19-20-25-36(34)37;1-13-6-9-15(10-7-13)26-18(19(24)21(3,4)5)20(25)23-17-12-14(2)8-11-16(17)22/h19-22,24-27,29,31,33,37,42-43,48,51H,4-18,23,28,30,32H2,1-3H3,(H,50,55);6-12,18H,1-5H3,(H,23,25). The molecule has 5 unspecified atom stereocenters. The number of nitrogens with zero attached hydrogens (tertiary/aromatic N) is 1. The summed E-state index contributed by atoms with van der Waals surface area (Å²) in [7, 11) is -1.56. The molecule has 1 aliphatic carbocycles. The van der Waals surface area contributed by atoms with E-state index in [0.717, 1.165) is 52.8 Å². The van der Waals surface area contributed by atoms with Gasteiger partial charge in [-0.1, -0.05) is 207 Å². The molecule has 3 amide bonds. The van der Waals surface area contributed by atoms with Crippen molar-refractivity contribution >= 4 is 85.4 Å². The quantitative estimate of drug-likeness (QED) is 0.0273. The van der Waals surface area contributed by atoms with Gasteiger partial charge in [-0.15, -0.1) is 0 Å². The lowest BCUT2D eigenvalue weighted by Crippen LogP contribution is -2.45. The lowest BCUT2D eigenvalue weighted by atomic mass is 9.79. The number of carbonyl (C=O) groups is 6. The number of unbranched alkanes of at least 4 members (excludes halogenated alkanes) is 15. The number of hydrogen-bond acceptors (Lipinski definition) is 11. The second kappa shape index (κ2) is 33.7. The van der Waals surface area contributed by atoms with Crippen molar-refractivity contribution in [2.24, 2.45) is 17.3 Å². The number of hydrogen-bond donors (Lipinski definition) is 3. The Morgan fingerprint density at radius 1 is 0.667 bits per heavy atom. The molecule has 15 nitrogen and oxygen atoms in total. The summed E-state index contributed by atoms with van der Waals surface area (Å²) in [5.41, 5.74) is 3.58. The first-order valence-electron chi connectivity index (χ1n) is 30.7. The number of ether oxygens (including phenoxy) is 3. The predicted octanol–water partition coefficient (Wildman–Crippen LogP) is 15.2. The van der Waals surface area contributed by atoms with Crippen LogP contribution in [-0.2, 0) is 49.9 Å². The molecule has 0 aromatic heterocycles. The van der Waals surface area contributed by atoms with E-state index in [2.05, 4.69) is 22.3 Å². The van der Waals surface area contributed by atoms with Crippen LogP contribution in [0.15, 0.2) is 114 Å². The minimum atomic E-state index is -4.24. The minimum absolute atomic E-state index is 0.0253. The summed E-state index contributed by atoms with van der Waals surface area (Å²) < 4.78 is 47.1. The van der Waals surface area contributed by atoms with Crippen molar-refractivity contribution in [1.82, 2.24) is 4.90 Å². The zero-order valence-corrected chi connectivity index (χ0v) is 54.1. The van der Waals surface area contributed by atoms with Gasteiger partial charge in [0, 0.05) is 25.5 Å². The lowest BCUT2D eigenvalue weighted by Gasteiger charge is -2.25. The van der Waals surface area contributed by atoms with E-state index >= 15 is 0 Å². The van der Waals surface area contributed by atoms with E-state index < -0.39 is 74.8 Å². The smallest absolute Gasteiger partial charge is 0.273 e. The minimum Gasteiger partial charge on any atom is -0.491 e. The zero-order chi connectivity index (χ0) is 63.3. The highest BCUT2D eigenvalue weighted by atomic mass is 35.5. The Kier molecular flexibility index (Phi) is 26.9. The van der Waals surface area contributed by atoms with Crippen LogP contribution in [0.2, 0.25) is 10.0 Å². The number of para-hydroxylation sites is 1. The highest BCUT2D eigenvalue weighted by molar-refractivity contribution is 7.92. The molecule has 0 radical (unpaired) electrons. The van der Waals surface area contributed by atoms with E-state index in [0.29, 0.717) is 35.9 Å². The van der Waals surface area contributed by atoms with Gasteiger partial charge in [0.1, 0.15) is 23.3 Å². The Labute approximate surface area is 525 Å². The molecule has 470 valence electrons. The van der Waals surface area contributed by atoms with E-state index in [-0.39, 0.29) is 32.8 Å². The van der Waals surface area contributed by atoms with Crippen molar-refractivity contribution in [3.8, 4) is 11.5 Å². The van der Waals surface area contributed by atoms with Crippen LogP contribution in [-0.4, -0.2) is 81.5 Å². The Morgan fingerprint density at radius 2 is 1.23 bits per heavy atom. The maximum Gasteiger partial charge on any atom is 0.273 e. The number of fused-ring (bicyclic) bond motifs is 1. The molecule has 0 bridgehead atoms. The monoisotopic (exact) mass is 1250 g/mol. The highest BCUT2D eigenvalue weighted by Crippen LogP contribution is 2.40. The fourth-order valence-corrected chi connectivity index (χ4v) is 12.4. The number of carbonyl (C=O) groups excluding carboxylic acids is 6. The van der Waals surface area contributed by atoms with Crippen molar-refractivity contribution in [1.29, 1.82) is 0 Å². The lowest BCUT2D eigenvalue weighted by molar-refractivity contribution is -0.144. The molecule has 7 rings (SSSR count). The molecule has 87 heavy (non-hydrogen) atoms. The van der Waals surface area contributed by atoms with Gasteiger partial charge in [-0.3, -0.25) is 33.5 Å². The summed E-state index contributed by atoms with van der Waals surface area (Å²) in [6, 6.07) is 30.4. The van der Waals surface area contributed by atoms with E-state index in [4.69, 9.17) is 37.4 Å². The van der Waals surface area contributed by atoms with Gasteiger partial charge in [0.2, 0.25) is 17.9 Å². The second-order valence-electron chi connectivity index (χ2n) is 23.9. The molecule has 2 aliphatic rings. The molecular formula is C69H88Cl2N4O11S. The number of likely N-dealkylation sites (N-methyl/N-ethyl adjacent to an activating group) is 1. The third-order valence-corrected chi connectivity index (χ3v) is 17.9. The van der Waals surface area contributed by atoms with Gasteiger partial charge in [-0.05, 0) is 104 Å². The predicted molar refractivity (Wildman–Crippen MR) is 345 cm³/mol. The molecule has 5 aromatic carbocycles. The number of amides is 3. The molecule has 0 saturated carbocycles. The molecule has 1 saturated heterocycles. The molecule has 3 N–H and O–H groups in total. The third kappa shape index (κ3) is 20.0.